The number of benzene rings is 1. The van der Waals surface area contributed by atoms with E-state index >= 15 is 0 Å². The van der Waals surface area contributed by atoms with Crippen molar-refractivity contribution in [3.63, 3.8) is 0 Å². The van der Waals surface area contributed by atoms with Crippen LogP contribution in [-0.4, -0.2) is 42.9 Å². The van der Waals surface area contributed by atoms with Crippen molar-refractivity contribution >= 4 is 33.6 Å². The van der Waals surface area contributed by atoms with Gasteiger partial charge in [-0.3, -0.25) is 4.79 Å². The standard InChI is InChI=1S/C17H22ClN5O4S/c1-11(2)15(16(24)20-8-7-13-9-19-10-21-13)22-17(25)23-28(26,27)14-5-3-12(18)4-6-14/h3-6,9-11,15H,7-8H2,1-2H3,(H,19,21)(H,20,24)(H2,22,23,25)/t15-/m0/s1. The number of hydrogen-bond donors (Lipinski definition) is 4. The molecule has 0 fully saturated rings. The van der Waals surface area contributed by atoms with E-state index in [1.165, 1.54) is 24.3 Å². The second-order valence-corrected chi connectivity index (χ2v) is 8.49. The number of carbonyl (C=O) groups is 2. The lowest BCUT2D eigenvalue weighted by Gasteiger charge is -2.21. The first-order valence-corrected chi connectivity index (χ1v) is 10.4. The predicted molar refractivity (Wildman–Crippen MR) is 104 cm³/mol. The van der Waals surface area contributed by atoms with Crippen LogP contribution in [0.5, 0.6) is 0 Å². The van der Waals surface area contributed by atoms with Crippen molar-refractivity contribution in [2.75, 3.05) is 6.54 Å². The Bertz CT molecular complexity index is 898. The molecule has 11 heteroatoms. The van der Waals surface area contributed by atoms with Gasteiger partial charge in [0.1, 0.15) is 6.04 Å². The minimum absolute atomic E-state index is 0.114. The maximum absolute atomic E-state index is 12.4. The van der Waals surface area contributed by atoms with E-state index < -0.39 is 28.0 Å². The number of imidazole rings is 1. The molecule has 0 saturated heterocycles. The van der Waals surface area contributed by atoms with Gasteiger partial charge in [-0.25, -0.2) is 22.9 Å². The van der Waals surface area contributed by atoms with Crippen molar-refractivity contribution in [1.29, 1.82) is 0 Å². The molecule has 1 aromatic heterocycles. The molecule has 0 aliphatic heterocycles. The Morgan fingerprint density at radius 3 is 2.46 bits per heavy atom. The number of nitrogens with one attached hydrogen (secondary N) is 4. The average molecular weight is 428 g/mol. The molecule has 4 N–H and O–H groups in total. The highest BCUT2D eigenvalue weighted by atomic mass is 35.5. The summed E-state index contributed by atoms with van der Waals surface area (Å²) in [6, 6.07) is 3.47. The number of H-pyrrole nitrogens is 1. The summed E-state index contributed by atoms with van der Waals surface area (Å²) < 4.78 is 26.4. The monoisotopic (exact) mass is 427 g/mol. The van der Waals surface area contributed by atoms with Crippen molar-refractivity contribution in [3.8, 4) is 0 Å². The summed E-state index contributed by atoms with van der Waals surface area (Å²) in [5, 5.41) is 5.50. The molecule has 0 bridgehead atoms. The highest BCUT2D eigenvalue weighted by Gasteiger charge is 2.26. The second kappa shape index (κ2) is 9.56. The molecule has 0 saturated carbocycles. The highest BCUT2D eigenvalue weighted by molar-refractivity contribution is 7.90. The van der Waals surface area contributed by atoms with Crippen LogP contribution in [0.15, 0.2) is 41.7 Å². The second-order valence-electron chi connectivity index (χ2n) is 6.37. The molecule has 152 valence electrons. The molecule has 1 atom stereocenters. The van der Waals surface area contributed by atoms with Gasteiger partial charge in [-0.2, -0.15) is 0 Å². The molecule has 0 aliphatic carbocycles. The number of rotatable bonds is 8. The van der Waals surface area contributed by atoms with Gasteiger partial charge in [-0.15, -0.1) is 0 Å². The van der Waals surface area contributed by atoms with Crippen LogP contribution in [0.4, 0.5) is 4.79 Å². The number of halogens is 1. The quantitative estimate of drug-likeness (QED) is 0.505. The van der Waals surface area contributed by atoms with Gasteiger partial charge in [-0.1, -0.05) is 25.4 Å². The van der Waals surface area contributed by atoms with Crippen LogP contribution in [0.1, 0.15) is 19.5 Å². The third-order valence-electron chi connectivity index (χ3n) is 3.84. The zero-order valence-corrected chi connectivity index (χ0v) is 17.0. The van der Waals surface area contributed by atoms with Crippen LogP contribution < -0.4 is 15.4 Å². The molecule has 2 rings (SSSR count). The van der Waals surface area contributed by atoms with E-state index in [1.54, 1.807) is 26.4 Å². The zero-order valence-electron chi connectivity index (χ0n) is 15.4. The van der Waals surface area contributed by atoms with Crippen molar-refractivity contribution in [2.45, 2.75) is 31.2 Å². The van der Waals surface area contributed by atoms with Gasteiger partial charge in [0.05, 0.1) is 11.2 Å². The maximum Gasteiger partial charge on any atom is 0.329 e. The fraction of sp³-hybridized carbons (Fsp3) is 0.353. The van der Waals surface area contributed by atoms with E-state index in [4.69, 9.17) is 11.6 Å². The van der Waals surface area contributed by atoms with Crippen molar-refractivity contribution in [3.05, 3.63) is 47.5 Å². The third kappa shape index (κ3) is 6.24. The lowest BCUT2D eigenvalue weighted by molar-refractivity contribution is -0.123. The fourth-order valence-electron chi connectivity index (χ4n) is 2.35. The fourth-order valence-corrected chi connectivity index (χ4v) is 3.39. The molecule has 0 unspecified atom stereocenters. The Labute approximate surface area is 168 Å². The van der Waals surface area contributed by atoms with Gasteiger partial charge in [0, 0.05) is 29.9 Å². The van der Waals surface area contributed by atoms with Gasteiger partial charge in [-0.05, 0) is 30.2 Å². The first-order chi connectivity index (χ1) is 13.2. The van der Waals surface area contributed by atoms with E-state index in [-0.39, 0.29) is 10.8 Å². The summed E-state index contributed by atoms with van der Waals surface area (Å²) in [6.45, 7) is 3.83. The topological polar surface area (TPSA) is 133 Å². The first-order valence-electron chi connectivity index (χ1n) is 8.53. The Hall–Kier alpha value is -2.59. The number of carbonyl (C=O) groups excluding carboxylic acids is 2. The molecular weight excluding hydrogens is 406 g/mol. The molecule has 3 amide bonds. The summed E-state index contributed by atoms with van der Waals surface area (Å²) in [4.78, 5) is 31.2. The van der Waals surface area contributed by atoms with Gasteiger partial charge >= 0.3 is 6.03 Å². The van der Waals surface area contributed by atoms with E-state index in [2.05, 4.69) is 20.6 Å². The maximum atomic E-state index is 12.4. The van der Waals surface area contributed by atoms with Gasteiger partial charge in [0.15, 0.2) is 0 Å². The summed E-state index contributed by atoms with van der Waals surface area (Å²) in [5.41, 5.74) is 0.862. The Balaban J connectivity index is 1.93. The number of nitrogens with zero attached hydrogens (tertiary/aromatic N) is 1. The summed E-state index contributed by atoms with van der Waals surface area (Å²) >= 11 is 5.74. The molecule has 28 heavy (non-hydrogen) atoms. The largest absolute Gasteiger partial charge is 0.354 e. The Morgan fingerprint density at radius 1 is 1.21 bits per heavy atom. The highest BCUT2D eigenvalue weighted by Crippen LogP contribution is 2.13. The van der Waals surface area contributed by atoms with E-state index in [9.17, 15) is 18.0 Å². The number of aromatic nitrogens is 2. The lowest BCUT2D eigenvalue weighted by Crippen LogP contribution is -2.53. The number of hydrogen-bond acceptors (Lipinski definition) is 5. The lowest BCUT2D eigenvalue weighted by atomic mass is 10.0. The normalized spacial score (nSPS) is 12.4. The number of urea groups is 1. The van der Waals surface area contributed by atoms with Crippen molar-refractivity contribution in [1.82, 2.24) is 25.3 Å². The van der Waals surface area contributed by atoms with E-state index in [0.717, 1.165) is 5.69 Å². The van der Waals surface area contributed by atoms with Crippen LogP contribution in [0, 0.1) is 5.92 Å². The first kappa shape index (κ1) is 21.7. The minimum atomic E-state index is -4.08. The molecule has 1 heterocycles. The number of sulfonamides is 1. The predicted octanol–water partition coefficient (Wildman–Crippen LogP) is 1.43. The van der Waals surface area contributed by atoms with Crippen molar-refractivity contribution in [2.24, 2.45) is 5.92 Å². The molecule has 0 radical (unpaired) electrons. The average Bonchev–Trinajstić information content (AvgIpc) is 3.12. The molecule has 1 aromatic carbocycles. The summed E-state index contributed by atoms with van der Waals surface area (Å²) in [5.74, 6) is -0.662. The van der Waals surface area contributed by atoms with Gasteiger partial charge in [0.2, 0.25) is 5.91 Å². The number of aromatic amines is 1. The smallest absolute Gasteiger partial charge is 0.329 e. The SMILES string of the molecule is CC(C)[C@H](NC(=O)NS(=O)(=O)c1ccc(Cl)cc1)C(=O)NCCc1cnc[nH]1. The Morgan fingerprint density at radius 2 is 1.89 bits per heavy atom. The van der Waals surface area contributed by atoms with Gasteiger partial charge < -0.3 is 15.6 Å². The van der Waals surface area contributed by atoms with Crippen LogP contribution >= 0.6 is 11.6 Å². The summed E-state index contributed by atoms with van der Waals surface area (Å²) in [7, 11) is -4.08. The molecular formula is C17H22ClN5O4S. The van der Waals surface area contributed by atoms with Crippen LogP contribution in [0.25, 0.3) is 0 Å². The van der Waals surface area contributed by atoms with Crippen LogP contribution in [-0.2, 0) is 21.2 Å². The minimum Gasteiger partial charge on any atom is -0.354 e. The molecule has 0 aliphatic rings. The Kier molecular flexibility index (Phi) is 7.41. The molecule has 2 aromatic rings. The molecule has 0 spiro atoms. The summed E-state index contributed by atoms with van der Waals surface area (Å²) in [6.07, 6.45) is 3.74. The third-order valence-corrected chi connectivity index (χ3v) is 5.43. The molecule has 9 nitrogen and oxygen atoms in total. The van der Waals surface area contributed by atoms with E-state index in [0.29, 0.717) is 18.0 Å². The van der Waals surface area contributed by atoms with Crippen molar-refractivity contribution < 1.29 is 18.0 Å². The van der Waals surface area contributed by atoms with Gasteiger partial charge in [0.25, 0.3) is 10.0 Å². The van der Waals surface area contributed by atoms with E-state index in [1.807, 2.05) is 4.72 Å². The number of amides is 3. The van der Waals surface area contributed by atoms with Crippen LogP contribution in [0.2, 0.25) is 5.02 Å². The van der Waals surface area contributed by atoms with Crippen LogP contribution in [0.3, 0.4) is 0 Å². The zero-order chi connectivity index (χ0) is 20.7.